The van der Waals surface area contributed by atoms with Crippen LogP contribution in [-0.4, -0.2) is 29.2 Å². The molecule has 1 fully saturated rings. The Bertz CT molecular complexity index is 253. The molecule has 0 spiro atoms. The van der Waals surface area contributed by atoms with Crippen molar-refractivity contribution in [3.63, 3.8) is 0 Å². The Labute approximate surface area is 94.1 Å². The molecule has 1 rings (SSSR count). The summed E-state index contributed by atoms with van der Waals surface area (Å²) >= 11 is 5.01. The predicted molar refractivity (Wildman–Crippen MR) is 58.2 cm³/mol. The van der Waals surface area contributed by atoms with Gasteiger partial charge in [-0.3, -0.25) is 9.59 Å². The molecule has 0 bridgehead atoms. The summed E-state index contributed by atoms with van der Waals surface area (Å²) in [6.45, 7) is 7.51. The summed E-state index contributed by atoms with van der Waals surface area (Å²) in [5, 5.41) is 0. The van der Waals surface area contributed by atoms with Crippen LogP contribution in [0.15, 0.2) is 25.6 Å². The van der Waals surface area contributed by atoms with Crippen LogP contribution in [0.3, 0.4) is 0 Å². The lowest BCUT2D eigenvalue weighted by Crippen LogP contribution is -2.16. The van der Waals surface area contributed by atoms with Gasteiger partial charge in [-0.05, 0) is 12.6 Å². The van der Waals surface area contributed by atoms with Crippen LogP contribution >= 0.6 is 11.6 Å². The summed E-state index contributed by atoms with van der Waals surface area (Å²) in [7, 11) is 0. The van der Waals surface area contributed by atoms with Crippen molar-refractivity contribution in [2.45, 2.75) is 12.8 Å². The Balaban J connectivity index is 0.000000265. The number of alkyl halides is 1. The number of amides is 1. The van der Waals surface area contributed by atoms with E-state index in [0.29, 0.717) is 6.42 Å². The first-order chi connectivity index (χ1) is 7.15. The van der Waals surface area contributed by atoms with Gasteiger partial charge in [-0.1, -0.05) is 13.2 Å². The van der Waals surface area contributed by atoms with E-state index >= 15 is 0 Å². The summed E-state index contributed by atoms with van der Waals surface area (Å²) in [5.41, 5.74) is 0. The molecule has 0 saturated carbocycles. The Morgan fingerprint density at radius 1 is 1.60 bits per heavy atom. The summed E-state index contributed by atoms with van der Waals surface area (Å²) in [5.74, 6) is -0.386. The molecule has 15 heavy (non-hydrogen) atoms. The molecule has 0 aliphatic carbocycles. The van der Waals surface area contributed by atoms with Crippen molar-refractivity contribution in [2.24, 2.45) is 0 Å². The third-order valence-electron chi connectivity index (χ3n) is 1.65. The van der Waals surface area contributed by atoms with E-state index in [1.165, 1.54) is 0 Å². The van der Waals surface area contributed by atoms with Crippen molar-refractivity contribution in [1.82, 2.24) is 4.90 Å². The van der Waals surface area contributed by atoms with Crippen LogP contribution in [0.25, 0.3) is 0 Å². The van der Waals surface area contributed by atoms with E-state index in [9.17, 15) is 9.59 Å². The summed E-state index contributed by atoms with van der Waals surface area (Å²) in [6.07, 6.45) is 4.33. The number of hydrogen-bond donors (Lipinski definition) is 0. The molecule has 0 aromatic heterocycles. The van der Waals surface area contributed by atoms with Gasteiger partial charge in [0.25, 0.3) is 0 Å². The van der Waals surface area contributed by atoms with Gasteiger partial charge < -0.3 is 9.64 Å². The second-order valence-corrected chi connectivity index (χ2v) is 2.93. The van der Waals surface area contributed by atoms with Gasteiger partial charge in [0.05, 0.1) is 6.26 Å². The van der Waals surface area contributed by atoms with E-state index in [2.05, 4.69) is 17.9 Å². The minimum Gasteiger partial charge on any atom is -0.434 e. The monoisotopic (exact) mass is 231 g/mol. The number of halogens is 1. The number of nitrogens with zero attached hydrogens (tertiary/aromatic N) is 1. The number of rotatable bonds is 3. The molecule has 1 aliphatic rings. The topological polar surface area (TPSA) is 46.6 Å². The van der Waals surface area contributed by atoms with Crippen LogP contribution in [0.1, 0.15) is 12.8 Å². The summed E-state index contributed by atoms with van der Waals surface area (Å²) < 4.78 is 4.18. The highest BCUT2D eigenvalue weighted by atomic mass is 35.5. The first-order valence-electron chi connectivity index (χ1n) is 4.44. The second kappa shape index (κ2) is 8.05. The highest BCUT2D eigenvalue weighted by molar-refractivity contribution is 6.26. The van der Waals surface area contributed by atoms with Gasteiger partial charge in [0.1, 0.15) is 5.88 Å². The second-order valence-electron chi connectivity index (χ2n) is 2.66. The fourth-order valence-electron chi connectivity index (χ4n) is 0.986. The number of esters is 1. The Kier molecular flexibility index (Phi) is 7.36. The highest BCUT2D eigenvalue weighted by Crippen LogP contribution is 2.08. The highest BCUT2D eigenvalue weighted by Gasteiger charge is 2.15. The van der Waals surface area contributed by atoms with Gasteiger partial charge in [0, 0.05) is 13.0 Å². The van der Waals surface area contributed by atoms with E-state index in [-0.39, 0.29) is 11.8 Å². The van der Waals surface area contributed by atoms with Crippen molar-refractivity contribution >= 4 is 23.5 Å². The van der Waals surface area contributed by atoms with Crippen LogP contribution in [0.2, 0.25) is 0 Å². The van der Waals surface area contributed by atoms with Crippen molar-refractivity contribution in [3.05, 3.63) is 25.6 Å². The smallest absolute Gasteiger partial charge is 0.325 e. The lowest BCUT2D eigenvalue weighted by molar-refractivity contribution is -0.135. The quantitative estimate of drug-likeness (QED) is 0.422. The van der Waals surface area contributed by atoms with Crippen LogP contribution in [0, 0.1) is 0 Å². The van der Waals surface area contributed by atoms with Crippen LogP contribution in [-0.2, 0) is 14.3 Å². The maximum absolute atomic E-state index is 10.7. The first-order valence-corrected chi connectivity index (χ1v) is 4.97. The first kappa shape index (κ1) is 13.7. The van der Waals surface area contributed by atoms with Crippen molar-refractivity contribution in [3.8, 4) is 0 Å². The zero-order chi connectivity index (χ0) is 11.7. The molecule has 5 heteroatoms. The van der Waals surface area contributed by atoms with Gasteiger partial charge in [0.2, 0.25) is 5.91 Å². The van der Waals surface area contributed by atoms with Gasteiger partial charge in [-0.15, -0.1) is 11.6 Å². The zero-order valence-corrected chi connectivity index (χ0v) is 9.20. The molecule has 0 N–H and O–H groups in total. The molecule has 0 radical (unpaired) electrons. The fourth-order valence-corrected chi connectivity index (χ4v) is 1.05. The standard InChI is InChI=1S/C6H9NO.C4H5ClO2/c1-2-7-5-3-4-6(7)8;1-2-7-4(6)3-5/h2H,1,3-5H2;2H,1,3H2. The SMILES string of the molecule is C=CN1CCCC1=O.C=COC(=O)CCl. The van der Waals surface area contributed by atoms with E-state index < -0.39 is 5.97 Å². The molecule has 1 amide bonds. The normalized spacial score (nSPS) is 13.9. The van der Waals surface area contributed by atoms with Crippen LogP contribution in [0.4, 0.5) is 0 Å². The average molecular weight is 232 g/mol. The minimum absolute atomic E-state index is 0.119. The molecule has 0 aromatic carbocycles. The van der Waals surface area contributed by atoms with E-state index in [4.69, 9.17) is 11.6 Å². The van der Waals surface area contributed by atoms with E-state index in [1.54, 1.807) is 11.1 Å². The molecule has 4 nitrogen and oxygen atoms in total. The minimum atomic E-state index is -0.475. The molecule has 1 aliphatic heterocycles. The van der Waals surface area contributed by atoms with Crippen molar-refractivity contribution < 1.29 is 14.3 Å². The van der Waals surface area contributed by atoms with Gasteiger partial charge in [0.15, 0.2) is 0 Å². The third-order valence-corrected chi connectivity index (χ3v) is 1.87. The molecule has 0 aromatic rings. The molecule has 1 heterocycles. The molecular weight excluding hydrogens is 218 g/mol. The Morgan fingerprint density at radius 3 is 2.47 bits per heavy atom. The zero-order valence-electron chi connectivity index (χ0n) is 8.45. The number of likely N-dealkylation sites (tertiary alicyclic amines) is 1. The maximum atomic E-state index is 10.7. The average Bonchev–Trinajstić information content (AvgIpc) is 2.65. The largest absolute Gasteiger partial charge is 0.434 e. The predicted octanol–water partition coefficient (Wildman–Crippen LogP) is 1.66. The van der Waals surface area contributed by atoms with Gasteiger partial charge >= 0.3 is 5.97 Å². The third kappa shape index (κ3) is 5.91. The molecule has 0 atom stereocenters. The van der Waals surface area contributed by atoms with Crippen LogP contribution < -0.4 is 0 Å². The molecule has 0 unspecified atom stereocenters. The Morgan fingerprint density at radius 2 is 2.27 bits per heavy atom. The fraction of sp³-hybridized carbons (Fsp3) is 0.400. The Hall–Kier alpha value is -1.29. The number of ether oxygens (including phenoxy) is 1. The lowest BCUT2D eigenvalue weighted by Gasteiger charge is -2.05. The molecule has 84 valence electrons. The summed E-state index contributed by atoms with van der Waals surface area (Å²) in [6, 6.07) is 0. The maximum Gasteiger partial charge on any atom is 0.325 e. The van der Waals surface area contributed by atoms with Crippen molar-refractivity contribution in [1.29, 1.82) is 0 Å². The molecular formula is C10H14ClNO3. The van der Waals surface area contributed by atoms with Crippen molar-refractivity contribution in [2.75, 3.05) is 12.4 Å². The number of carbonyl (C=O) groups excluding carboxylic acids is 2. The number of carbonyl (C=O) groups is 2. The molecule has 1 saturated heterocycles. The van der Waals surface area contributed by atoms with E-state index in [1.807, 2.05) is 0 Å². The number of hydrogen-bond acceptors (Lipinski definition) is 3. The van der Waals surface area contributed by atoms with Gasteiger partial charge in [-0.25, -0.2) is 0 Å². The summed E-state index contributed by atoms with van der Waals surface area (Å²) in [4.78, 5) is 22.3. The van der Waals surface area contributed by atoms with Gasteiger partial charge in [-0.2, -0.15) is 0 Å². The van der Waals surface area contributed by atoms with Crippen LogP contribution in [0.5, 0.6) is 0 Å². The van der Waals surface area contributed by atoms with E-state index in [0.717, 1.165) is 19.2 Å². The lowest BCUT2D eigenvalue weighted by atomic mass is 10.4.